The molecule has 0 bridgehead atoms. The quantitative estimate of drug-likeness (QED) is 0.655. The molecule has 30 heavy (non-hydrogen) atoms. The van der Waals surface area contributed by atoms with Crippen LogP contribution in [0.3, 0.4) is 0 Å². The number of anilines is 1. The number of nitrogens with one attached hydrogen (secondary N) is 2. The molecular formula is C25H25N3O2. The highest BCUT2D eigenvalue weighted by atomic mass is 16.2. The van der Waals surface area contributed by atoms with E-state index in [2.05, 4.69) is 10.6 Å². The topological polar surface area (TPSA) is 61.4 Å². The summed E-state index contributed by atoms with van der Waals surface area (Å²) in [5, 5.41) is 5.98. The largest absolute Gasteiger partial charge is 0.334 e. The lowest BCUT2D eigenvalue weighted by molar-refractivity contribution is -0.119. The molecule has 152 valence electrons. The highest BCUT2D eigenvalue weighted by Gasteiger charge is 2.34. The Kier molecular flexibility index (Phi) is 6.09. The first-order valence-electron chi connectivity index (χ1n) is 10.3. The number of rotatable bonds is 5. The van der Waals surface area contributed by atoms with Gasteiger partial charge in [-0.25, -0.2) is 4.79 Å². The SMILES string of the molecule is O=C(Nc1ccccc1-c1ccccc1)[C@H]1CCCN1C(=O)NCc1ccccc1. The van der Waals surface area contributed by atoms with E-state index in [1.807, 2.05) is 84.9 Å². The maximum absolute atomic E-state index is 13.1. The van der Waals surface area contributed by atoms with Gasteiger partial charge in [0.05, 0.1) is 0 Å². The van der Waals surface area contributed by atoms with Gasteiger partial charge in [-0.15, -0.1) is 0 Å². The molecule has 1 aliphatic rings. The van der Waals surface area contributed by atoms with Crippen molar-refractivity contribution in [1.82, 2.24) is 10.2 Å². The van der Waals surface area contributed by atoms with Crippen molar-refractivity contribution < 1.29 is 9.59 Å². The lowest BCUT2D eigenvalue weighted by atomic mass is 10.0. The second-order valence-corrected chi connectivity index (χ2v) is 7.40. The molecule has 0 unspecified atom stereocenters. The van der Waals surface area contributed by atoms with Crippen LogP contribution in [0.5, 0.6) is 0 Å². The molecule has 1 saturated heterocycles. The van der Waals surface area contributed by atoms with Crippen LogP contribution in [-0.4, -0.2) is 29.4 Å². The van der Waals surface area contributed by atoms with Crippen LogP contribution >= 0.6 is 0 Å². The Morgan fingerprint density at radius 1 is 0.867 bits per heavy atom. The van der Waals surface area contributed by atoms with Gasteiger partial charge in [0, 0.05) is 24.3 Å². The average Bonchev–Trinajstić information content (AvgIpc) is 3.29. The number of hydrogen-bond donors (Lipinski definition) is 2. The fourth-order valence-electron chi connectivity index (χ4n) is 3.84. The van der Waals surface area contributed by atoms with Crippen molar-refractivity contribution >= 4 is 17.6 Å². The molecule has 4 rings (SSSR count). The van der Waals surface area contributed by atoms with E-state index in [4.69, 9.17) is 0 Å². The van der Waals surface area contributed by atoms with Gasteiger partial charge in [-0.3, -0.25) is 4.79 Å². The van der Waals surface area contributed by atoms with Gasteiger partial charge >= 0.3 is 6.03 Å². The summed E-state index contributed by atoms with van der Waals surface area (Å²) in [6, 6.07) is 26.8. The number of benzene rings is 3. The minimum Gasteiger partial charge on any atom is -0.334 e. The van der Waals surface area contributed by atoms with Crippen LogP contribution in [0, 0.1) is 0 Å². The van der Waals surface area contributed by atoms with E-state index in [-0.39, 0.29) is 11.9 Å². The standard InChI is InChI=1S/C25H25N3O2/c29-24(27-22-15-8-7-14-21(22)20-12-5-2-6-13-20)23-16-9-17-28(23)25(30)26-18-19-10-3-1-4-11-19/h1-8,10-15,23H,9,16-18H2,(H,26,30)(H,27,29)/t23-/m1/s1. The van der Waals surface area contributed by atoms with E-state index in [1.165, 1.54) is 0 Å². The molecule has 2 N–H and O–H groups in total. The number of carbonyl (C=O) groups is 2. The third-order valence-electron chi connectivity index (χ3n) is 5.37. The number of para-hydroxylation sites is 1. The molecule has 1 heterocycles. The first kappa shape index (κ1) is 19.7. The Labute approximate surface area is 176 Å². The Morgan fingerprint density at radius 2 is 1.53 bits per heavy atom. The van der Waals surface area contributed by atoms with Crippen LogP contribution in [0.15, 0.2) is 84.9 Å². The van der Waals surface area contributed by atoms with Gasteiger partial charge < -0.3 is 15.5 Å². The van der Waals surface area contributed by atoms with Crippen LogP contribution in [-0.2, 0) is 11.3 Å². The molecule has 3 amide bonds. The molecule has 5 heteroatoms. The molecule has 1 fully saturated rings. The van der Waals surface area contributed by atoms with Crippen molar-refractivity contribution in [3.63, 3.8) is 0 Å². The number of amides is 3. The molecule has 5 nitrogen and oxygen atoms in total. The van der Waals surface area contributed by atoms with Gasteiger partial charge in [-0.2, -0.15) is 0 Å². The number of likely N-dealkylation sites (tertiary alicyclic amines) is 1. The molecule has 0 saturated carbocycles. The Bertz CT molecular complexity index is 1010. The molecule has 1 aliphatic heterocycles. The van der Waals surface area contributed by atoms with Crippen molar-refractivity contribution in [2.24, 2.45) is 0 Å². The van der Waals surface area contributed by atoms with Crippen LogP contribution in [0.4, 0.5) is 10.5 Å². The molecule has 1 atom stereocenters. The number of urea groups is 1. The van der Waals surface area contributed by atoms with Crippen molar-refractivity contribution in [2.75, 3.05) is 11.9 Å². The van der Waals surface area contributed by atoms with Crippen molar-refractivity contribution in [3.05, 3.63) is 90.5 Å². The van der Waals surface area contributed by atoms with Gasteiger partial charge in [-0.1, -0.05) is 78.9 Å². The first-order chi connectivity index (χ1) is 14.7. The highest BCUT2D eigenvalue weighted by molar-refractivity contribution is 6.00. The third-order valence-corrected chi connectivity index (χ3v) is 5.37. The zero-order valence-corrected chi connectivity index (χ0v) is 16.8. The highest BCUT2D eigenvalue weighted by Crippen LogP contribution is 2.28. The minimum atomic E-state index is -0.468. The van der Waals surface area contributed by atoms with Crippen LogP contribution < -0.4 is 10.6 Å². The molecule has 0 aromatic heterocycles. The second kappa shape index (κ2) is 9.27. The number of carbonyl (C=O) groups excluding carboxylic acids is 2. The van der Waals surface area contributed by atoms with Crippen LogP contribution in [0.25, 0.3) is 11.1 Å². The maximum Gasteiger partial charge on any atom is 0.318 e. The normalized spacial score (nSPS) is 15.6. The zero-order chi connectivity index (χ0) is 20.8. The maximum atomic E-state index is 13.1. The van der Waals surface area contributed by atoms with Gasteiger partial charge in [-0.05, 0) is 30.0 Å². The third kappa shape index (κ3) is 4.51. The van der Waals surface area contributed by atoms with E-state index in [9.17, 15) is 9.59 Å². The smallest absolute Gasteiger partial charge is 0.318 e. The van der Waals surface area contributed by atoms with E-state index in [0.29, 0.717) is 19.5 Å². The number of nitrogens with zero attached hydrogens (tertiary/aromatic N) is 1. The van der Waals surface area contributed by atoms with E-state index in [0.717, 1.165) is 28.8 Å². The average molecular weight is 399 g/mol. The Balaban J connectivity index is 1.44. The summed E-state index contributed by atoms with van der Waals surface area (Å²) in [7, 11) is 0. The molecule has 3 aromatic carbocycles. The summed E-state index contributed by atoms with van der Waals surface area (Å²) in [6.45, 7) is 1.03. The lowest BCUT2D eigenvalue weighted by Crippen LogP contribution is -2.47. The summed E-state index contributed by atoms with van der Waals surface area (Å²) in [4.78, 5) is 27.4. The Morgan fingerprint density at radius 3 is 2.30 bits per heavy atom. The summed E-state index contributed by atoms with van der Waals surface area (Å²) >= 11 is 0. The monoisotopic (exact) mass is 399 g/mol. The van der Waals surface area contributed by atoms with E-state index < -0.39 is 6.04 Å². The first-order valence-corrected chi connectivity index (χ1v) is 10.3. The summed E-state index contributed by atoms with van der Waals surface area (Å²) in [6.07, 6.45) is 1.48. The predicted octanol–water partition coefficient (Wildman–Crippen LogP) is 4.67. The van der Waals surface area contributed by atoms with Gasteiger partial charge in [0.25, 0.3) is 0 Å². The van der Waals surface area contributed by atoms with Crippen molar-refractivity contribution in [3.8, 4) is 11.1 Å². The Hall–Kier alpha value is -3.60. The fraction of sp³-hybridized carbons (Fsp3) is 0.200. The fourth-order valence-corrected chi connectivity index (χ4v) is 3.84. The summed E-state index contributed by atoms with van der Waals surface area (Å²) in [5.41, 5.74) is 3.79. The molecule has 3 aromatic rings. The van der Waals surface area contributed by atoms with Gasteiger partial charge in [0.15, 0.2) is 0 Å². The molecule has 0 radical (unpaired) electrons. The lowest BCUT2D eigenvalue weighted by Gasteiger charge is -2.25. The summed E-state index contributed by atoms with van der Waals surface area (Å²) in [5.74, 6) is -0.147. The van der Waals surface area contributed by atoms with E-state index in [1.54, 1.807) is 4.90 Å². The van der Waals surface area contributed by atoms with Gasteiger partial charge in [0.1, 0.15) is 6.04 Å². The molecule has 0 spiro atoms. The molecule has 0 aliphatic carbocycles. The summed E-state index contributed by atoms with van der Waals surface area (Å²) < 4.78 is 0. The minimum absolute atomic E-state index is 0.147. The zero-order valence-electron chi connectivity index (χ0n) is 16.8. The molecular weight excluding hydrogens is 374 g/mol. The van der Waals surface area contributed by atoms with E-state index >= 15 is 0 Å². The van der Waals surface area contributed by atoms with Crippen molar-refractivity contribution in [1.29, 1.82) is 0 Å². The number of hydrogen-bond acceptors (Lipinski definition) is 2. The van der Waals surface area contributed by atoms with Crippen LogP contribution in [0.1, 0.15) is 18.4 Å². The predicted molar refractivity (Wildman–Crippen MR) is 119 cm³/mol. The second-order valence-electron chi connectivity index (χ2n) is 7.40. The van der Waals surface area contributed by atoms with Gasteiger partial charge in [0.2, 0.25) is 5.91 Å². The van der Waals surface area contributed by atoms with Crippen LogP contribution in [0.2, 0.25) is 0 Å². The van der Waals surface area contributed by atoms with Crippen molar-refractivity contribution in [2.45, 2.75) is 25.4 Å².